The lowest BCUT2D eigenvalue weighted by atomic mass is 9.70. The standard InChI is InChI=1S/C14H21N/c1-14(2)10-12(15(3)4)9-11-7-5-6-8-13(11)14/h5-8,12H,9-10H2,1-4H3. The van der Waals surface area contributed by atoms with Crippen molar-refractivity contribution >= 4 is 0 Å². The number of likely N-dealkylation sites (N-methyl/N-ethyl adjacent to an activating group) is 1. The first kappa shape index (κ1) is 10.7. The van der Waals surface area contributed by atoms with Crippen LogP contribution in [0.1, 0.15) is 31.4 Å². The van der Waals surface area contributed by atoms with Crippen LogP contribution in [0.4, 0.5) is 0 Å². The van der Waals surface area contributed by atoms with Gasteiger partial charge in [0.2, 0.25) is 0 Å². The normalized spacial score (nSPS) is 23.9. The molecule has 0 saturated carbocycles. The highest BCUT2D eigenvalue weighted by Gasteiger charge is 2.33. The van der Waals surface area contributed by atoms with Gasteiger partial charge in [0.05, 0.1) is 0 Å². The molecule has 1 aliphatic carbocycles. The van der Waals surface area contributed by atoms with Crippen molar-refractivity contribution in [2.24, 2.45) is 0 Å². The molecule has 0 aliphatic heterocycles. The number of fused-ring (bicyclic) bond motifs is 1. The second kappa shape index (κ2) is 3.64. The van der Waals surface area contributed by atoms with Crippen LogP contribution in [-0.4, -0.2) is 25.0 Å². The molecule has 0 heterocycles. The SMILES string of the molecule is CN(C)C1Cc2ccccc2C(C)(C)C1. The molecule has 0 amide bonds. The molecule has 0 bridgehead atoms. The second-order valence-corrected chi connectivity index (χ2v) is 5.57. The maximum atomic E-state index is 2.36. The van der Waals surface area contributed by atoms with Crippen LogP contribution in [0.15, 0.2) is 24.3 Å². The van der Waals surface area contributed by atoms with Crippen LogP contribution in [0.2, 0.25) is 0 Å². The summed E-state index contributed by atoms with van der Waals surface area (Å²) in [5.41, 5.74) is 3.40. The van der Waals surface area contributed by atoms with Gasteiger partial charge in [-0.3, -0.25) is 0 Å². The van der Waals surface area contributed by atoms with E-state index < -0.39 is 0 Å². The fourth-order valence-electron chi connectivity index (χ4n) is 2.75. The molecular formula is C14H21N. The Hall–Kier alpha value is -0.820. The summed E-state index contributed by atoms with van der Waals surface area (Å²) in [6.07, 6.45) is 2.46. The summed E-state index contributed by atoms with van der Waals surface area (Å²) in [6, 6.07) is 9.59. The van der Waals surface area contributed by atoms with E-state index in [1.54, 1.807) is 5.56 Å². The Labute approximate surface area is 93.1 Å². The van der Waals surface area contributed by atoms with Crippen molar-refractivity contribution in [3.63, 3.8) is 0 Å². The Balaban J connectivity index is 2.39. The molecule has 1 atom stereocenters. The smallest absolute Gasteiger partial charge is 0.0138 e. The van der Waals surface area contributed by atoms with Crippen LogP contribution in [-0.2, 0) is 11.8 Å². The van der Waals surface area contributed by atoms with E-state index in [0.717, 1.165) is 0 Å². The van der Waals surface area contributed by atoms with E-state index in [0.29, 0.717) is 11.5 Å². The van der Waals surface area contributed by atoms with Gasteiger partial charge in [0.15, 0.2) is 0 Å². The maximum Gasteiger partial charge on any atom is 0.0138 e. The van der Waals surface area contributed by atoms with Gasteiger partial charge in [-0.1, -0.05) is 38.1 Å². The Kier molecular flexibility index (Phi) is 2.59. The van der Waals surface area contributed by atoms with Crippen LogP contribution >= 0.6 is 0 Å². The van der Waals surface area contributed by atoms with Gasteiger partial charge in [0, 0.05) is 6.04 Å². The minimum Gasteiger partial charge on any atom is -0.306 e. The molecule has 0 N–H and O–H groups in total. The minimum absolute atomic E-state index is 0.323. The van der Waals surface area contributed by atoms with Gasteiger partial charge in [-0.2, -0.15) is 0 Å². The van der Waals surface area contributed by atoms with E-state index in [1.165, 1.54) is 18.4 Å². The number of nitrogens with zero attached hydrogens (tertiary/aromatic N) is 1. The lowest BCUT2D eigenvalue weighted by Crippen LogP contribution is -2.40. The third kappa shape index (κ3) is 1.93. The minimum atomic E-state index is 0.323. The fourth-order valence-corrected chi connectivity index (χ4v) is 2.75. The lowest BCUT2D eigenvalue weighted by molar-refractivity contribution is 0.221. The average molecular weight is 203 g/mol. The van der Waals surface area contributed by atoms with E-state index in [4.69, 9.17) is 0 Å². The highest BCUT2D eigenvalue weighted by atomic mass is 15.1. The number of hydrogen-bond acceptors (Lipinski definition) is 1. The molecule has 1 unspecified atom stereocenters. The summed E-state index contributed by atoms with van der Waals surface area (Å²) in [5.74, 6) is 0. The summed E-state index contributed by atoms with van der Waals surface area (Å²) in [6.45, 7) is 4.73. The zero-order chi connectivity index (χ0) is 11.1. The lowest BCUT2D eigenvalue weighted by Gasteiger charge is -2.40. The quantitative estimate of drug-likeness (QED) is 0.678. The molecule has 1 heteroatoms. The first-order valence-corrected chi connectivity index (χ1v) is 5.75. The van der Waals surface area contributed by atoms with Gasteiger partial charge in [0.1, 0.15) is 0 Å². The summed E-state index contributed by atoms with van der Waals surface area (Å²) < 4.78 is 0. The van der Waals surface area contributed by atoms with Gasteiger partial charge in [0.25, 0.3) is 0 Å². The van der Waals surface area contributed by atoms with Crippen LogP contribution in [0, 0.1) is 0 Å². The molecule has 0 radical (unpaired) electrons. The van der Waals surface area contributed by atoms with Crippen molar-refractivity contribution in [1.29, 1.82) is 0 Å². The van der Waals surface area contributed by atoms with E-state index in [9.17, 15) is 0 Å². The third-order valence-electron chi connectivity index (χ3n) is 3.68. The molecule has 0 saturated heterocycles. The van der Waals surface area contributed by atoms with Crippen molar-refractivity contribution in [1.82, 2.24) is 4.90 Å². The summed E-state index contributed by atoms with van der Waals surface area (Å²) in [4.78, 5) is 2.36. The summed E-state index contributed by atoms with van der Waals surface area (Å²) in [7, 11) is 4.38. The molecule has 1 aromatic carbocycles. The van der Waals surface area contributed by atoms with Crippen LogP contribution in [0.5, 0.6) is 0 Å². The molecular weight excluding hydrogens is 182 g/mol. The Morgan fingerprint density at radius 3 is 2.53 bits per heavy atom. The van der Waals surface area contributed by atoms with E-state index in [2.05, 4.69) is 57.1 Å². The molecule has 1 aromatic rings. The highest BCUT2D eigenvalue weighted by Crippen LogP contribution is 2.37. The third-order valence-corrected chi connectivity index (χ3v) is 3.68. The molecule has 82 valence electrons. The summed E-state index contributed by atoms with van der Waals surface area (Å²) >= 11 is 0. The topological polar surface area (TPSA) is 3.24 Å². The summed E-state index contributed by atoms with van der Waals surface area (Å²) in [5, 5.41) is 0. The largest absolute Gasteiger partial charge is 0.306 e. The molecule has 0 fully saturated rings. The first-order chi connectivity index (χ1) is 7.00. The van der Waals surface area contributed by atoms with Crippen molar-refractivity contribution in [2.75, 3.05) is 14.1 Å². The van der Waals surface area contributed by atoms with E-state index in [1.807, 2.05) is 0 Å². The Morgan fingerprint density at radius 1 is 1.20 bits per heavy atom. The monoisotopic (exact) mass is 203 g/mol. The predicted octanol–water partition coefficient (Wildman–Crippen LogP) is 2.84. The highest BCUT2D eigenvalue weighted by molar-refractivity contribution is 5.36. The fraction of sp³-hybridized carbons (Fsp3) is 0.571. The van der Waals surface area contributed by atoms with Gasteiger partial charge in [-0.15, -0.1) is 0 Å². The molecule has 1 aliphatic rings. The van der Waals surface area contributed by atoms with Crippen molar-refractivity contribution in [2.45, 2.75) is 38.1 Å². The number of benzene rings is 1. The maximum absolute atomic E-state index is 2.36. The molecule has 1 nitrogen and oxygen atoms in total. The van der Waals surface area contributed by atoms with E-state index >= 15 is 0 Å². The second-order valence-electron chi connectivity index (χ2n) is 5.57. The van der Waals surface area contributed by atoms with Gasteiger partial charge < -0.3 is 4.90 Å². The van der Waals surface area contributed by atoms with Crippen LogP contribution in [0.3, 0.4) is 0 Å². The number of rotatable bonds is 1. The molecule has 0 aromatic heterocycles. The molecule has 2 rings (SSSR count). The van der Waals surface area contributed by atoms with Crippen molar-refractivity contribution in [3.05, 3.63) is 35.4 Å². The average Bonchev–Trinajstić information content (AvgIpc) is 2.16. The molecule has 0 spiro atoms. The van der Waals surface area contributed by atoms with Crippen LogP contribution < -0.4 is 0 Å². The zero-order valence-electron chi connectivity index (χ0n) is 10.2. The Morgan fingerprint density at radius 2 is 1.87 bits per heavy atom. The predicted molar refractivity (Wildman–Crippen MR) is 65.3 cm³/mol. The van der Waals surface area contributed by atoms with Crippen LogP contribution in [0.25, 0.3) is 0 Å². The van der Waals surface area contributed by atoms with Crippen molar-refractivity contribution in [3.8, 4) is 0 Å². The number of hydrogen-bond donors (Lipinski definition) is 0. The Bertz CT molecular complexity index is 352. The first-order valence-electron chi connectivity index (χ1n) is 5.75. The van der Waals surface area contributed by atoms with Crippen molar-refractivity contribution < 1.29 is 0 Å². The van der Waals surface area contributed by atoms with Gasteiger partial charge >= 0.3 is 0 Å². The molecule has 15 heavy (non-hydrogen) atoms. The van der Waals surface area contributed by atoms with Gasteiger partial charge in [-0.25, -0.2) is 0 Å². The van der Waals surface area contributed by atoms with Gasteiger partial charge in [-0.05, 0) is 43.5 Å². The van der Waals surface area contributed by atoms with E-state index in [-0.39, 0.29) is 0 Å². The zero-order valence-corrected chi connectivity index (χ0v) is 10.2.